The lowest BCUT2D eigenvalue weighted by Gasteiger charge is -2.14. The standard InChI is InChI=1S/C14H16N4S/c1-2-6-18-12(3-5-17-18)14(15)10-8-13-11(16-9-10)4-7-19-13/h3-5,7-9,14H,2,6,15H2,1H3. The monoisotopic (exact) mass is 272 g/mol. The van der Waals surface area contributed by atoms with Crippen molar-refractivity contribution >= 4 is 21.6 Å². The predicted molar refractivity (Wildman–Crippen MR) is 78.2 cm³/mol. The number of thiophene rings is 1. The molecule has 3 rings (SSSR count). The van der Waals surface area contributed by atoms with E-state index < -0.39 is 0 Å². The van der Waals surface area contributed by atoms with Crippen molar-refractivity contribution in [3.63, 3.8) is 0 Å². The van der Waals surface area contributed by atoms with Gasteiger partial charge in [-0.05, 0) is 35.6 Å². The second-order valence-corrected chi connectivity index (χ2v) is 5.48. The second kappa shape index (κ2) is 5.11. The Labute approximate surface area is 115 Å². The van der Waals surface area contributed by atoms with Gasteiger partial charge in [0.25, 0.3) is 0 Å². The van der Waals surface area contributed by atoms with Crippen LogP contribution in [0.15, 0.2) is 36.0 Å². The van der Waals surface area contributed by atoms with Crippen molar-refractivity contribution in [3.05, 3.63) is 47.2 Å². The number of aromatic nitrogens is 3. The van der Waals surface area contributed by atoms with Crippen LogP contribution < -0.4 is 5.73 Å². The van der Waals surface area contributed by atoms with Crippen molar-refractivity contribution in [2.45, 2.75) is 25.9 Å². The minimum Gasteiger partial charge on any atom is -0.319 e. The van der Waals surface area contributed by atoms with E-state index in [2.05, 4.69) is 23.1 Å². The van der Waals surface area contributed by atoms with Crippen molar-refractivity contribution in [1.29, 1.82) is 0 Å². The maximum absolute atomic E-state index is 6.36. The summed E-state index contributed by atoms with van der Waals surface area (Å²) in [6.45, 7) is 3.03. The Bertz CT molecular complexity index is 685. The zero-order valence-electron chi connectivity index (χ0n) is 10.8. The molecule has 0 spiro atoms. The number of aryl methyl sites for hydroxylation is 1. The van der Waals surface area contributed by atoms with Crippen LogP contribution in [0.1, 0.15) is 30.6 Å². The van der Waals surface area contributed by atoms with Gasteiger partial charge in [-0.3, -0.25) is 9.67 Å². The van der Waals surface area contributed by atoms with Crippen molar-refractivity contribution in [2.75, 3.05) is 0 Å². The number of rotatable bonds is 4. The summed E-state index contributed by atoms with van der Waals surface area (Å²) in [5.74, 6) is 0. The van der Waals surface area contributed by atoms with E-state index in [4.69, 9.17) is 5.73 Å². The van der Waals surface area contributed by atoms with E-state index in [1.54, 1.807) is 11.3 Å². The Kier molecular flexibility index (Phi) is 3.31. The molecule has 0 saturated carbocycles. The van der Waals surface area contributed by atoms with E-state index in [0.29, 0.717) is 0 Å². The number of nitrogens with two attached hydrogens (primary N) is 1. The van der Waals surface area contributed by atoms with Gasteiger partial charge in [-0.2, -0.15) is 5.10 Å². The molecule has 0 radical (unpaired) electrons. The van der Waals surface area contributed by atoms with Gasteiger partial charge in [-0.15, -0.1) is 11.3 Å². The zero-order valence-corrected chi connectivity index (χ0v) is 11.6. The Balaban J connectivity index is 1.97. The predicted octanol–water partition coefficient (Wildman–Crippen LogP) is 2.95. The SMILES string of the molecule is CCCn1nccc1C(N)c1cnc2ccsc2c1. The molecule has 3 aromatic heterocycles. The van der Waals surface area contributed by atoms with Gasteiger partial charge in [0.2, 0.25) is 0 Å². The maximum atomic E-state index is 6.36. The van der Waals surface area contributed by atoms with Crippen LogP contribution in [0, 0.1) is 0 Å². The van der Waals surface area contributed by atoms with E-state index in [1.165, 1.54) is 4.70 Å². The molecule has 0 fully saturated rings. The normalized spacial score (nSPS) is 12.9. The molecule has 0 aliphatic rings. The number of fused-ring (bicyclic) bond motifs is 1. The third-order valence-corrected chi connectivity index (χ3v) is 4.04. The molecule has 0 saturated heterocycles. The van der Waals surface area contributed by atoms with Gasteiger partial charge in [-0.1, -0.05) is 6.92 Å². The summed E-state index contributed by atoms with van der Waals surface area (Å²) in [6, 6.07) is 5.96. The van der Waals surface area contributed by atoms with Crippen LogP contribution in [-0.2, 0) is 6.54 Å². The summed E-state index contributed by atoms with van der Waals surface area (Å²) in [6.07, 6.45) is 4.72. The average Bonchev–Trinajstić information content (AvgIpc) is 3.05. The number of nitrogens with zero attached hydrogens (tertiary/aromatic N) is 3. The van der Waals surface area contributed by atoms with Gasteiger partial charge in [-0.25, -0.2) is 0 Å². The van der Waals surface area contributed by atoms with E-state index in [-0.39, 0.29) is 6.04 Å². The first kappa shape index (κ1) is 12.3. The summed E-state index contributed by atoms with van der Waals surface area (Å²) in [5.41, 5.74) is 9.46. The Morgan fingerprint density at radius 3 is 3.16 bits per heavy atom. The molecular weight excluding hydrogens is 256 g/mol. The molecule has 1 atom stereocenters. The highest BCUT2D eigenvalue weighted by Gasteiger charge is 2.14. The molecule has 0 aromatic carbocycles. The molecule has 2 N–H and O–H groups in total. The first-order chi connectivity index (χ1) is 9.29. The molecule has 0 aliphatic heterocycles. The topological polar surface area (TPSA) is 56.7 Å². The minimum atomic E-state index is -0.173. The summed E-state index contributed by atoms with van der Waals surface area (Å²) in [5, 5.41) is 6.37. The molecule has 4 nitrogen and oxygen atoms in total. The molecular formula is C14H16N4S. The van der Waals surface area contributed by atoms with Gasteiger partial charge in [0.15, 0.2) is 0 Å². The minimum absolute atomic E-state index is 0.173. The van der Waals surface area contributed by atoms with Crippen LogP contribution in [0.4, 0.5) is 0 Å². The molecule has 19 heavy (non-hydrogen) atoms. The number of pyridine rings is 1. The maximum Gasteiger partial charge on any atom is 0.0809 e. The highest BCUT2D eigenvalue weighted by Crippen LogP contribution is 2.25. The molecule has 5 heteroatoms. The van der Waals surface area contributed by atoms with E-state index >= 15 is 0 Å². The van der Waals surface area contributed by atoms with Gasteiger partial charge >= 0.3 is 0 Å². The van der Waals surface area contributed by atoms with E-state index in [0.717, 1.165) is 29.7 Å². The van der Waals surface area contributed by atoms with E-state index in [9.17, 15) is 0 Å². The first-order valence-corrected chi connectivity index (χ1v) is 7.28. The summed E-state index contributed by atoms with van der Waals surface area (Å²) >= 11 is 1.69. The largest absolute Gasteiger partial charge is 0.319 e. The average molecular weight is 272 g/mol. The smallest absolute Gasteiger partial charge is 0.0809 e. The second-order valence-electron chi connectivity index (χ2n) is 4.53. The third kappa shape index (κ3) is 2.27. The van der Waals surface area contributed by atoms with Crippen molar-refractivity contribution in [2.24, 2.45) is 5.73 Å². The quantitative estimate of drug-likeness (QED) is 0.794. The highest BCUT2D eigenvalue weighted by atomic mass is 32.1. The fourth-order valence-corrected chi connectivity index (χ4v) is 3.00. The Hall–Kier alpha value is -1.72. The van der Waals surface area contributed by atoms with Gasteiger partial charge in [0.1, 0.15) is 0 Å². The first-order valence-electron chi connectivity index (χ1n) is 6.40. The highest BCUT2D eigenvalue weighted by molar-refractivity contribution is 7.17. The van der Waals surface area contributed by atoms with Gasteiger partial charge < -0.3 is 5.73 Å². The molecule has 98 valence electrons. The lowest BCUT2D eigenvalue weighted by molar-refractivity contribution is 0.559. The van der Waals surface area contributed by atoms with Crippen molar-refractivity contribution in [3.8, 4) is 0 Å². The molecule has 0 amide bonds. The molecule has 0 aliphatic carbocycles. The number of hydrogen-bond acceptors (Lipinski definition) is 4. The fraction of sp³-hybridized carbons (Fsp3) is 0.286. The molecule has 3 heterocycles. The summed E-state index contributed by atoms with van der Waals surface area (Å²) in [4.78, 5) is 4.45. The Morgan fingerprint density at radius 1 is 1.42 bits per heavy atom. The zero-order chi connectivity index (χ0) is 13.2. The fourth-order valence-electron chi connectivity index (χ4n) is 2.21. The van der Waals surface area contributed by atoms with Crippen molar-refractivity contribution < 1.29 is 0 Å². The van der Waals surface area contributed by atoms with Crippen molar-refractivity contribution in [1.82, 2.24) is 14.8 Å². The molecule has 0 bridgehead atoms. The lowest BCUT2D eigenvalue weighted by Crippen LogP contribution is -2.17. The molecule has 3 aromatic rings. The van der Waals surface area contributed by atoms with Crippen LogP contribution in [0.3, 0.4) is 0 Å². The Morgan fingerprint density at radius 2 is 2.32 bits per heavy atom. The lowest BCUT2D eigenvalue weighted by atomic mass is 10.1. The summed E-state index contributed by atoms with van der Waals surface area (Å²) < 4.78 is 3.15. The van der Waals surface area contributed by atoms with Crippen LogP contribution in [0.5, 0.6) is 0 Å². The third-order valence-electron chi connectivity index (χ3n) is 3.19. The van der Waals surface area contributed by atoms with Crippen LogP contribution >= 0.6 is 11.3 Å². The van der Waals surface area contributed by atoms with Crippen LogP contribution in [0.2, 0.25) is 0 Å². The number of hydrogen-bond donors (Lipinski definition) is 1. The van der Waals surface area contributed by atoms with E-state index in [1.807, 2.05) is 34.6 Å². The van der Waals surface area contributed by atoms with Crippen LogP contribution in [0.25, 0.3) is 10.2 Å². The summed E-state index contributed by atoms with van der Waals surface area (Å²) in [7, 11) is 0. The van der Waals surface area contributed by atoms with Gasteiger partial charge in [0.05, 0.1) is 22.0 Å². The molecule has 1 unspecified atom stereocenters. The van der Waals surface area contributed by atoms with Gasteiger partial charge in [0, 0.05) is 18.9 Å². The van der Waals surface area contributed by atoms with Crippen LogP contribution in [-0.4, -0.2) is 14.8 Å².